The quantitative estimate of drug-likeness (QED) is 0.0207. The van der Waals surface area contributed by atoms with E-state index in [2.05, 4.69) is 75.7 Å². The lowest BCUT2D eigenvalue weighted by molar-refractivity contribution is -0.124. The molecule has 0 aliphatic carbocycles. The zero-order valence-corrected chi connectivity index (χ0v) is 53.1. The largest absolute Gasteiger partial charge is 0.478 e. The van der Waals surface area contributed by atoms with E-state index >= 15 is 0 Å². The Morgan fingerprint density at radius 2 is 0.865 bits per heavy atom. The molecular formula is C65H89B3N12O9. The summed E-state index contributed by atoms with van der Waals surface area (Å²) in [5.74, 6) is -5.46. The van der Waals surface area contributed by atoms with Crippen molar-refractivity contribution in [2.45, 2.75) is 168 Å². The fourth-order valence-electron chi connectivity index (χ4n) is 10.8. The Balaban J connectivity index is 1.40. The van der Waals surface area contributed by atoms with Crippen molar-refractivity contribution in [1.29, 1.82) is 0 Å². The number of benzene rings is 3. The Labute approximate surface area is 525 Å². The van der Waals surface area contributed by atoms with Crippen LogP contribution in [0.15, 0.2) is 147 Å². The smallest absolute Gasteiger partial charge is 0.447 e. The number of carbonyl (C=O) groups is 5. The highest BCUT2D eigenvalue weighted by molar-refractivity contribution is 6.62. The fraction of sp³-hybridized carbons (Fsp3) is 0.462. The van der Waals surface area contributed by atoms with Gasteiger partial charge in [0.25, 0.3) is 17.7 Å². The van der Waals surface area contributed by atoms with E-state index in [1.807, 2.05) is 139 Å². The molecule has 8 unspecified atom stereocenters. The minimum Gasteiger partial charge on any atom is -0.447 e. The van der Waals surface area contributed by atoms with Gasteiger partial charge in [0.2, 0.25) is 11.8 Å². The summed E-state index contributed by atoms with van der Waals surface area (Å²) in [6.45, 7) is 17.2. The van der Waals surface area contributed by atoms with E-state index in [-0.39, 0.29) is 73.5 Å². The molecule has 0 spiro atoms. The molecule has 0 aliphatic rings. The lowest BCUT2D eigenvalue weighted by Gasteiger charge is -2.47. The molecule has 3 aromatic carbocycles. The van der Waals surface area contributed by atoms with Crippen molar-refractivity contribution < 1.29 is 43.3 Å². The third kappa shape index (κ3) is 22.1. The lowest BCUT2D eigenvalue weighted by atomic mass is 9.40. The van der Waals surface area contributed by atoms with Gasteiger partial charge in [-0.05, 0) is 86.8 Å². The summed E-state index contributed by atoms with van der Waals surface area (Å²) in [7, 11) is -1.67. The van der Waals surface area contributed by atoms with E-state index in [4.69, 9.17) is 9.31 Å². The second-order valence-electron chi connectivity index (χ2n) is 24.5. The van der Waals surface area contributed by atoms with Crippen molar-refractivity contribution >= 4 is 50.5 Å². The van der Waals surface area contributed by atoms with E-state index in [9.17, 15) is 34.0 Å². The second-order valence-corrected chi connectivity index (χ2v) is 24.5. The topological polar surface area (TPSA) is 294 Å². The monoisotopic (exact) mass is 1210 g/mol. The number of nitrogens with one attached hydrogen (secondary N) is 6. The minimum atomic E-state index is -1.67. The van der Waals surface area contributed by atoms with Gasteiger partial charge >= 0.3 is 20.9 Å². The van der Waals surface area contributed by atoms with Crippen LogP contribution in [0.2, 0.25) is 0 Å². The van der Waals surface area contributed by atoms with Crippen LogP contribution >= 0.6 is 0 Å². The van der Waals surface area contributed by atoms with Crippen LogP contribution < -0.4 is 31.9 Å². The number of hydrogen-bond donors (Lipinski definition) is 8. The molecule has 5 amide bonds. The van der Waals surface area contributed by atoms with Crippen molar-refractivity contribution in [2.75, 3.05) is 6.54 Å². The normalized spacial score (nSPS) is 14.8. The van der Waals surface area contributed by atoms with Crippen LogP contribution in [-0.4, -0.2) is 144 Å². The number of amides is 5. The Hall–Kier alpha value is -7.76. The molecule has 6 rings (SSSR count). The van der Waals surface area contributed by atoms with Gasteiger partial charge in [-0.2, -0.15) is 0 Å². The molecule has 3 heterocycles. The molecular weight excluding hydrogens is 1130 g/mol. The van der Waals surface area contributed by atoms with Crippen LogP contribution in [-0.2, 0) is 38.2 Å². The van der Waals surface area contributed by atoms with Gasteiger partial charge in [-0.25, -0.2) is 15.0 Å². The highest BCUT2D eigenvalue weighted by atomic mass is 16.6. The maximum absolute atomic E-state index is 14.9. The predicted molar refractivity (Wildman–Crippen MR) is 346 cm³/mol. The van der Waals surface area contributed by atoms with Crippen LogP contribution in [0.5, 0.6) is 0 Å². The number of carbonyl (C=O) groups excluding carboxylic acids is 5. The van der Waals surface area contributed by atoms with Crippen LogP contribution in [0, 0.1) is 17.8 Å². The molecule has 0 saturated heterocycles. The first-order valence-corrected chi connectivity index (χ1v) is 31.0. The van der Waals surface area contributed by atoms with Gasteiger partial charge in [0, 0.05) is 74.5 Å². The Morgan fingerprint density at radius 1 is 0.483 bits per heavy atom. The minimum absolute atomic E-state index is 0.0161. The fourth-order valence-corrected chi connectivity index (χ4v) is 10.8. The summed E-state index contributed by atoms with van der Waals surface area (Å²) < 4.78 is 14.6. The van der Waals surface area contributed by atoms with Gasteiger partial charge in [0.1, 0.15) is 29.2 Å². The van der Waals surface area contributed by atoms with Crippen LogP contribution in [0.3, 0.4) is 0 Å². The molecule has 3 aromatic heterocycles. The third-order valence-electron chi connectivity index (χ3n) is 15.8. The summed E-state index contributed by atoms with van der Waals surface area (Å²) in [5.41, 5.74) is -0.195. The molecule has 0 fully saturated rings. The molecule has 6 aromatic rings. The zero-order valence-electron chi connectivity index (χ0n) is 53.1. The van der Waals surface area contributed by atoms with E-state index in [1.165, 1.54) is 55.8 Å². The summed E-state index contributed by atoms with van der Waals surface area (Å²) in [6, 6.07) is 25.6. The van der Waals surface area contributed by atoms with E-state index in [0.29, 0.717) is 19.3 Å². The highest BCUT2D eigenvalue weighted by Crippen LogP contribution is 2.33. The van der Waals surface area contributed by atoms with Crippen molar-refractivity contribution in [1.82, 2.24) is 61.8 Å². The summed E-state index contributed by atoms with van der Waals surface area (Å²) >= 11 is 0. The number of rotatable bonds is 36. The van der Waals surface area contributed by atoms with E-state index in [1.54, 1.807) is 6.92 Å². The first-order chi connectivity index (χ1) is 42.6. The third-order valence-corrected chi connectivity index (χ3v) is 15.8. The van der Waals surface area contributed by atoms with Crippen LogP contribution in [0.4, 0.5) is 0 Å². The lowest BCUT2D eigenvalue weighted by Crippen LogP contribution is -2.69. The van der Waals surface area contributed by atoms with Gasteiger partial charge in [0.15, 0.2) is 0 Å². The second kappa shape index (κ2) is 34.9. The Kier molecular flexibility index (Phi) is 27.5. The number of nitrogens with zero attached hydrogens (tertiary/aromatic N) is 6. The van der Waals surface area contributed by atoms with Crippen molar-refractivity contribution in [3.05, 3.63) is 181 Å². The maximum Gasteiger partial charge on any atom is 0.478 e. The van der Waals surface area contributed by atoms with Crippen molar-refractivity contribution in [2.24, 2.45) is 17.8 Å². The highest BCUT2D eigenvalue weighted by Gasteiger charge is 2.54. The summed E-state index contributed by atoms with van der Waals surface area (Å²) in [5, 5.41) is 44.8. The molecule has 24 heteroatoms. The summed E-state index contributed by atoms with van der Waals surface area (Å²) in [6.07, 6.45) is 14.8. The van der Waals surface area contributed by atoms with E-state index < -0.39 is 97.4 Å². The van der Waals surface area contributed by atoms with Gasteiger partial charge in [-0.15, -0.1) is 0 Å². The van der Waals surface area contributed by atoms with Gasteiger partial charge in [0.05, 0.1) is 35.5 Å². The SMILES string of the molecule is CCC(C)(OB(C(CC(C)C)NCC(Cc1ccccc1)NC(=O)c1cnccn1)C(C)(CC)OB(O)C(CC(C)C)NC(=O)C(Cc1ccccc1)NC(=O)c1cnccn1)B(O)C(CC(C)C)NC(=O)C(Cc1ccccc1)NC(=O)c1cnccn1. The predicted octanol–water partition coefficient (Wildman–Crippen LogP) is 6.07. The van der Waals surface area contributed by atoms with E-state index in [0.717, 1.165) is 16.7 Å². The first-order valence-electron chi connectivity index (χ1n) is 31.0. The molecule has 0 bridgehead atoms. The number of aromatic nitrogens is 6. The molecule has 21 nitrogen and oxygen atoms in total. The molecule has 0 aliphatic heterocycles. The maximum atomic E-state index is 14.9. The Bertz CT molecular complexity index is 3110. The van der Waals surface area contributed by atoms with Gasteiger partial charge < -0.3 is 51.3 Å². The zero-order chi connectivity index (χ0) is 64.5. The standard InChI is InChI=1S/C65H89B3N12O9/c1-11-64(9,66(86)56(34-44(3)4)79-59(81)51(38-48-24-18-14-19-25-48)77-62(84)54-42-70-29-32-73-54)88-67(57(35-45(5)6)75-40-50(37-47-22-16-13-17-23-47)76-61(83)53-41-69-28-31-72-53)65(10,12-2)89-68(87)58(36-46(7)8)80-60(82)52(39-49-26-20-15-21-27-49)78-63(85)55-43-71-30-33-74-55/h13-33,41-46,50-52,56-58,75,86-87H,11-12,34-40H2,1-10H3,(H,76,83)(H,77,84)(H,78,85)(H,79,81)(H,80,82). The summed E-state index contributed by atoms with van der Waals surface area (Å²) in [4.78, 5) is 95.6. The average Bonchev–Trinajstić information content (AvgIpc) is 3.70. The van der Waals surface area contributed by atoms with Gasteiger partial charge in [-0.1, -0.05) is 146 Å². The molecule has 89 heavy (non-hydrogen) atoms. The molecule has 8 N–H and O–H groups in total. The van der Waals surface area contributed by atoms with Crippen LogP contribution in [0.25, 0.3) is 0 Å². The van der Waals surface area contributed by atoms with Gasteiger partial charge in [-0.3, -0.25) is 38.9 Å². The van der Waals surface area contributed by atoms with Crippen molar-refractivity contribution in [3.63, 3.8) is 0 Å². The molecule has 8 atom stereocenters. The molecule has 0 radical (unpaired) electrons. The molecule has 472 valence electrons. The average molecular weight is 1210 g/mol. The van der Waals surface area contributed by atoms with Crippen LogP contribution in [0.1, 0.15) is 149 Å². The van der Waals surface area contributed by atoms with Crippen molar-refractivity contribution in [3.8, 4) is 0 Å². The molecule has 0 saturated carbocycles. The first kappa shape index (κ1) is 70.3. The number of hydrogen-bond acceptors (Lipinski definition) is 16. The Morgan fingerprint density at radius 3 is 1.26 bits per heavy atom.